The molecule has 1 aliphatic carbocycles. The molecule has 0 bridgehead atoms. The van der Waals surface area contributed by atoms with Crippen molar-refractivity contribution in [2.45, 2.75) is 40.0 Å². The molecule has 1 atom stereocenters. The summed E-state index contributed by atoms with van der Waals surface area (Å²) in [6, 6.07) is 2.24. The van der Waals surface area contributed by atoms with Crippen LogP contribution in [0.1, 0.15) is 43.2 Å². The van der Waals surface area contributed by atoms with Gasteiger partial charge in [0.05, 0.1) is 5.56 Å². The van der Waals surface area contributed by atoms with E-state index in [0.717, 1.165) is 18.4 Å². The third-order valence-corrected chi connectivity index (χ3v) is 4.71. The zero-order valence-corrected chi connectivity index (χ0v) is 10.9. The Balaban J connectivity index is 2.33. The number of hydrogen-bond donors (Lipinski definition) is 1. The van der Waals surface area contributed by atoms with E-state index in [2.05, 4.69) is 26.8 Å². The van der Waals surface area contributed by atoms with E-state index in [1.807, 2.05) is 0 Å². The largest absolute Gasteiger partial charge is 0.389 e. The van der Waals surface area contributed by atoms with Gasteiger partial charge in [-0.15, -0.1) is 11.3 Å². The smallest absolute Gasteiger partial charge is 0.104 e. The number of fused-ring (bicyclic) bond motifs is 1. The molecule has 0 radical (unpaired) electrons. The molecule has 1 heterocycles. The third kappa shape index (κ3) is 1.82. The minimum atomic E-state index is 0.350. The van der Waals surface area contributed by atoms with Crippen molar-refractivity contribution in [1.29, 1.82) is 5.26 Å². The first-order valence-electron chi connectivity index (χ1n) is 5.73. The Bertz CT molecular complexity index is 446. The minimum absolute atomic E-state index is 0.350. The fourth-order valence-corrected chi connectivity index (χ4v) is 3.62. The first-order chi connectivity index (χ1) is 7.43. The molecule has 0 fully saturated rings. The fourth-order valence-electron chi connectivity index (χ4n) is 2.47. The predicted molar refractivity (Wildman–Crippen MR) is 68.4 cm³/mol. The van der Waals surface area contributed by atoms with Gasteiger partial charge >= 0.3 is 0 Å². The molecule has 1 aromatic rings. The molecule has 0 saturated carbocycles. The molecule has 2 rings (SSSR count). The predicted octanol–water partition coefficient (Wildman–Crippen LogP) is 3.35. The Kier molecular flexibility index (Phi) is 2.71. The zero-order valence-electron chi connectivity index (χ0n) is 10.1. The van der Waals surface area contributed by atoms with Gasteiger partial charge in [-0.05, 0) is 36.2 Å². The van der Waals surface area contributed by atoms with E-state index < -0.39 is 0 Å². The minimum Gasteiger partial charge on any atom is -0.389 e. The highest BCUT2D eigenvalue weighted by atomic mass is 32.1. The van der Waals surface area contributed by atoms with Crippen molar-refractivity contribution in [2.75, 3.05) is 5.73 Å². The molecule has 16 heavy (non-hydrogen) atoms. The number of hydrogen-bond acceptors (Lipinski definition) is 3. The first kappa shape index (κ1) is 11.5. The average Bonchev–Trinajstić information content (AvgIpc) is 2.50. The Morgan fingerprint density at radius 3 is 2.69 bits per heavy atom. The van der Waals surface area contributed by atoms with Gasteiger partial charge in [-0.2, -0.15) is 5.26 Å². The van der Waals surface area contributed by atoms with Crippen molar-refractivity contribution in [3.05, 3.63) is 16.0 Å². The van der Waals surface area contributed by atoms with E-state index in [1.165, 1.54) is 16.9 Å². The molecule has 86 valence electrons. The number of nitrogen functional groups attached to an aromatic ring is 1. The monoisotopic (exact) mass is 234 g/mol. The molecule has 0 aliphatic heterocycles. The summed E-state index contributed by atoms with van der Waals surface area (Å²) in [6.07, 6.45) is 3.30. The second-order valence-electron chi connectivity index (χ2n) is 5.66. The molecule has 0 unspecified atom stereocenters. The Morgan fingerprint density at radius 2 is 2.12 bits per heavy atom. The molecule has 0 spiro atoms. The van der Waals surface area contributed by atoms with Crippen LogP contribution in [0.4, 0.5) is 5.00 Å². The van der Waals surface area contributed by atoms with Crippen LogP contribution in [0.5, 0.6) is 0 Å². The normalized spacial score (nSPS) is 20.2. The van der Waals surface area contributed by atoms with Gasteiger partial charge < -0.3 is 5.73 Å². The average molecular weight is 234 g/mol. The summed E-state index contributed by atoms with van der Waals surface area (Å²) in [7, 11) is 0. The molecular weight excluding hydrogens is 216 g/mol. The Hall–Kier alpha value is -1.01. The fraction of sp³-hybridized carbons (Fsp3) is 0.615. The summed E-state index contributed by atoms with van der Waals surface area (Å²) in [5.74, 6) is 0.713. The maximum atomic E-state index is 9.07. The summed E-state index contributed by atoms with van der Waals surface area (Å²) >= 11 is 1.62. The van der Waals surface area contributed by atoms with Crippen molar-refractivity contribution in [3.8, 4) is 6.07 Å². The van der Waals surface area contributed by atoms with E-state index in [4.69, 9.17) is 11.0 Å². The summed E-state index contributed by atoms with van der Waals surface area (Å²) in [5, 5.41) is 9.78. The van der Waals surface area contributed by atoms with Gasteiger partial charge in [-0.25, -0.2) is 0 Å². The number of anilines is 1. The van der Waals surface area contributed by atoms with Gasteiger partial charge in [0, 0.05) is 4.88 Å². The number of thiophene rings is 1. The second kappa shape index (κ2) is 3.78. The number of nitriles is 1. The molecule has 1 aromatic heterocycles. The lowest BCUT2D eigenvalue weighted by Gasteiger charge is -2.33. The maximum Gasteiger partial charge on any atom is 0.104 e. The number of nitrogens with zero attached hydrogens (tertiary/aromatic N) is 1. The van der Waals surface area contributed by atoms with Gasteiger partial charge in [0.2, 0.25) is 0 Å². The van der Waals surface area contributed by atoms with Crippen molar-refractivity contribution < 1.29 is 0 Å². The molecule has 0 amide bonds. The molecule has 0 aromatic carbocycles. The summed E-state index contributed by atoms with van der Waals surface area (Å²) in [4.78, 5) is 1.35. The van der Waals surface area contributed by atoms with Crippen LogP contribution in [0.15, 0.2) is 0 Å². The van der Waals surface area contributed by atoms with Crippen molar-refractivity contribution in [3.63, 3.8) is 0 Å². The standard InChI is InChI=1S/C13H18N2S/c1-13(2,3)8-4-5-9-10(7-14)12(15)16-11(9)6-8/h8H,4-6,15H2,1-3H3/t8-/m1/s1. The van der Waals surface area contributed by atoms with E-state index in [9.17, 15) is 0 Å². The van der Waals surface area contributed by atoms with Crippen LogP contribution in [0.25, 0.3) is 0 Å². The van der Waals surface area contributed by atoms with E-state index in [1.54, 1.807) is 11.3 Å². The SMILES string of the molecule is CC(C)(C)[C@@H]1CCc2c(sc(N)c2C#N)C1. The maximum absolute atomic E-state index is 9.07. The summed E-state index contributed by atoms with van der Waals surface area (Å²) in [5.41, 5.74) is 8.20. The van der Waals surface area contributed by atoms with Crippen LogP contribution < -0.4 is 5.73 Å². The van der Waals surface area contributed by atoms with Crippen molar-refractivity contribution in [2.24, 2.45) is 11.3 Å². The quantitative estimate of drug-likeness (QED) is 0.748. The van der Waals surface area contributed by atoms with Crippen molar-refractivity contribution >= 4 is 16.3 Å². The van der Waals surface area contributed by atoms with Gasteiger partial charge in [0.15, 0.2) is 0 Å². The molecule has 1 aliphatic rings. The zero-order chi connectivity index (χ0) is 11.9. The number of nitrogens with two attached hydrogens (primary N) is 1. The van der Waals surface area contributed by atoms with Crippen LogP contribution in [-0.2, 0) is 12.8 Å². The summed E-state index contributed by atoms with van der Waals surface area (Å²) < 4.78 is 0. The van der Waals surface area contributed by atoms with Crippen molar-refractivity contribution in [1.82, 2.24) is 0 Å². The third-order valence-electron chi connectivity index (χ3n) is 3.63. The lowest BCUT2D eigenvalue weighted by atomic mass is 9.72. The molecule has 3 heteroatoms. The number of rotatable bonds is 0. The van der Waals surface area contributed by atoms with Crippen LogP contribution >= 0.6 is 11.3 Å². The van der Waals surface area contributed by atoms with Crippen LogP contribution in [0.2, 0.25) is 0 Å². The van der Waals surface area contributed by atoms with E-state index >= 15 is 0 Å². The highest BCUT2D eigenvalue weighted by Gasteiger charge is 2.31. The van der Waals surface area contributed by atoms with E-state index in [0.29, 0.717) is 16.3 Å². The van der Waals surface area contributed by atoms with Gasteiger partial charge in [-0.3, -0.25) is 0 Å². The van der Waals surface area contributed by atoms with Gasteiger partial charge in [0.25, 0.3) is 0 Å². The second-order valence-corrected chi connectivity index (χ2v) is 6.80. The topological polar surface area (TPSA) is 49.8 Å². The molecule has 2 nitrogen and oxygen atoms in total. The molecular formula is C13H18N2S. The Labute approximate surface area is 101 Å². The van der Waals surface area contributed by atoms with Crippen LogP contribution in [0, 0.1) is 22.7 Å². The van der Waals surface area contributed by atoms with Crippen LogP contribution in [0.3, 0.4) is 0 Å². The highest BCUT2D eigenvalue weighted by molar-refractivity contribution is 7.16. The Morgan fingerprint density at radius 1 is 1.44 bits per heavy atom. The molecule has 2 N–H and O–H groups in total. The van der Waals surface area contributed by atoms with Gasteiger partial charge in [0.1, 0.15) is 11.1 Å². The van der Waals surface area contributed by atoms with E-state index in [-0.39, 0.29) is 0 Å². The van der Waals surface area contributed by atoms with Crippen LogP contribution in [-0.4, -0.2) is 0 Å². The molecule has 0 saturated heterocycles. The first-order valence-corrected chi connectivity index (χ1v) is 6.55. The van der Waals surface area contributed by atoms with Gasteiger partial charge in [-0.1, -0.05) is 20.8 Å². The lowest BCUT2D eigenvalue weighted by molar-refractivity contribution is 0.218. The summed E-state index contributed by atoms with van der Waals surface area (Å²) in [6.45, 7) is 6.89. The lowest BCUT2D eigenvalue weighted by Crippen LogP contribution is -2.26. The highest BCUT2D eigenvalue weighted by Crippen LogP contribution is 2.42.